The molecule has 0 bridgehead atoms. The zero-order valence-electron chi connectivity index (χ0n) is 17.7. The second kappa shape index (κ2) is 13.2. The Labute approximate surface area is 195 Å². The summed E-state index contributed by atoms with van der Waals surface area (Å²) in [6.45, 7) is 6.39. The number of hydrogen-bond acceptors (Lipinski definition) is 6. The Balaban J connectivity index is 0.00000450. The van der Waals surface area contributed by atoms with Crippen molar-refractivity contribution in [3.63, 3.8) is 0 Å². The van der Waals surface area contributed by atoms with Crippen molar-refractivity contribution in [2.45, 2.75) is 51.6 Å². The first kappa shape index (κ1) is 26.7. The Bertz CT molecular complexity index is 695. The lowest BCUT2D eigenvalue weighted by Crippen LogP contribution is -2.50. The van der Waals surface area contributed by atoms with Crippen LogP contribution in [0.5, 0.6) is 0 Å². The van der Waals surface area contributed by atoms with E-state index in [4.69, 9.17) is 4.74 Å². The van der Waals surface area contributed by atoms with Gasteiger partial charge in [0.1, 0.15) is 0 Å². The van der Waals surface area contributed by atoms with Crippen LogP contribution in [0.4, 0.5) is 4.79 Å². The molecule has 1 unspecified atom stereocenters. The van der Waals surface area contributed by atoms with Crippen LogP contribution in [0.3, 0.4) is 0 Å². The lowest BCUT2D eigenvalue weighted by atomic mass is 10.1. The van der Waals surface area contributed by atoms with Crippen molar-refractivity contribution in [2.24, 2.45) is 4.99 Å². The normalized spacial score (nSPS) is 21.5. The summed E-state index contributed by atoms with van der Waals surface area (Å²) in [7, 11) is -3.01. The summed E-state index contributed by atoms with van der Waals surface area (Å²) >= 11 is 0. The maximum Gasteiger partial charge on any atom is 0.409 e. The predicted molar refractivity (Wildman–Crippen MR) is 126 cm³/mol. The number of hydrogen-bond donors (Lipinski definition) is 3. The van der Waals surface area contributed by atoms with Gasteiger partial charge in [-0.3, -0.25) is 9.79 Å². The monoisotopic (exact) mass is 559 g/mol. The molecule has 2 amide bonds. The number of carbonyl (C=O) groups is 2. The van der Waals surface area contributed by atoms with E-state index in [1.54, 1.807) is 11.8 Å². The molecule has 1 atom stereocenters. The van der Waals surface area contributed by atoms with Gasteiger partial charge in [0.25, 0.3) is 0 Å². The molecule has 10 nitrogen and oxygen atoms in total. The summed E-state index contributed by atoms with van der Waals surface area (Å²) in [5.74, 6) is 0.615. The van der Waals surface area contributed by atoms with E-state index in [0.29, 0.717) is 45.2 Å². The smallest absolute Gasteiger partial charge is 0.409 e. The predicted octanol–water partition coefficient (Wildman–Crippen LogP) is 0.474. The molecular weight excluding hydrogens is 525 g/mol. The van der Waals surface area contributed by atoms with Crippen LogP contribution in [0, 0.1) is 0 Å². The van der Waals surface area contributed by atoms with Crippen LogP contribution >= 0.6 is 24.0 Å². The number of guanidine groups is 1. The van der Waals surface area contributed by atoms with Gasteiger partial charge in [0.2, 0.25) is 5.91 Å². The molecule has 3 N–H and O–H groups in total. The highest BCUT2D eigenvalue weighted by Crippen LogP contribution is 2.12. The number of nitrogens with one attached hydrogen (secondary N) is 3. The van der Waals surface area contributed by atoms with Crippen molar-refractivity contribution in [1.82, 2.24) is 20.9 Å². The molecule has 12 heteroatoms. The summed E-state index contributed by atoms with van der Waals surface area (Å²) in [5, 5.41) is 9.29. The number of amides is 2. The number of piperidine rings is 1. The van der Waals surface area contributed by atoms with Crippen LogP contribution in [0.15, 0.2) is 4.99 Å². The van der Waals surface area contributed by atoms with Crippen LogP contribution in [0.25, 0.3) is 0 Å². The van der Waals surface area contributed by atoms with Gasteiger partial charge < -0.3 is 25.6 Å². The van der Waals surface area contributed by atoms with Crippen LogP contribution in [0.2, 0.25) is 0 Å². The zero-order chi connectivity index (χ0) is 21.3. The number of aliphatic imine (C=N–C) groups is 1. The van der Waals surface area contributed by atoms with Crippen molar-refractivity contribution >= 4 is 51.8 Å². The summed E-state index contributed by atoms with van der Waals surface area (Å²) in [5.41, 5.74) is 0. The number of carbonyl (C=O) groups excluding carboxylic acids is 2. The molecule has 2 heterocycles. The first-order valence-electron chi connectivity index (χ1n) is 10.3. The summed E-state index contributed by atoms with van der Waals surface area (Å²) in [6.07, 6.45) is 1.99. The van der Waals surface area contributed by atoms with Gasteiger partial charge in [0.15, 0.2) is 15.8 Å². The van der Waals surface area contributed by atoms with Crippen molar-refractivity contribution < 1.29 is 22.7 Å². The van der Waals surface area contributed by atoms with Gasteiger partial charge in [0, 0.05) is 38.1 Å². The molecule has 174 valence electrons. The van der Waals surface area contributed by atoms with E-state index in [1.807, 2.05) is 6.92 Å². The van der Waals surface area contributed by atoms with Crippen LogP contribution in [0.1, 0.15) is 39.5 Å². The molecule has 0 aromatic carbocycles. The molecular formula is C18H34IN5O5S. The van der Waals surface area contributed by atoms with Gasteiger partial charge in [0.05, 0.1) is 24.7 Å². The van der Waals surface area contributed by atoms with E-state index < -0.39 is 9.84 Å². The van der Waals surface area contributed by atoms with Crippen LogP contribution in [-0.4, -0.2) is 87.7 Å². The lowest BCUT2D eigenvalue weighted by Gasteiger charge is -2.32. The Kier molecular flexibility index (Phi) is 11.7. The van der Waals surface area contributed by atoms with Crippen molar-refractivity contribution in [2.75, 3.05) is 44.3 Å². The number of likely N-dealkylation sites (tertiary alicyclic amines) is 1. The second-order valence-electron chi connectivity index (χ2n) is 7.28. The second-order valence-corrected chi connectivity index (χ2v) is 9.51. The fourth-order valence-electron chi connectivity index (χ4n) is 3.41. The number of rotatable bonds is 7. The fourth-order valence-corrected chi connectivity index (χ4v) is 5.09. The number of halogens is 1. The van der Waals surface area contributed by atoms with E-state index in [9.17, 15) is 18.0 Å². The minimum atomic E-state index is -3.01. The van der Waals surface area contributed by atoms with Gasteiger partial charge in [-0.05, 0) is 33.1 Å². The molecule has 2 fully saturated rings. The maximum absolute atomic E-state index is 12.0. The van der Waals surface area contributed by atoms with Gasteiger partial charge in [-0.2, -0.15) is 0 Å². The van der Waals surface area contributed by atoms with E-state index in [-0.39, 0.29) is 66.0 Å². The summed E-state index contributed by atoms with van der Waals surface area (Å²) in [4.78, 5) is 29.9. The molecule has 0 saturated carbocycles. The number of ether oxygens (including phenoxy) is 1. The molecule has 2 saturated heterocycles. The molecule has 0 spiro atoms. The topological polar surface area (TPSA) is 129 Å². The van der Waals surface area contributed by atoms with Crippen molar-refractivity contribution in [3.8, 4) is 0 Å². The fraction of sp³-hybridized carbons (Fsp3) is 0.833. The SMILES string of the molecule is CCNC(=NCCC(=O)NC1CCS(=O)(=O)C1)NC1CCN(C(=O)OCC)CC1.I. The minimum Gasteiger partial charge on any atom is -0.450 e. The summed E-state index contributed by atoms with van der Waals surface area (Å²) in [6, 6.07) is -0.0941. The molecule has 2 aliphatic heterocycles. The van der Waals surface area contributed by atoms with Gasteiger partial charge in [-0.15, -0.1) is 24.0 Å². The van der Waals surface area contributed by atoms with Gasteiger partial charge >= 0.3 is 6.09 Å². The standard InChI is InChI=1S/C18H33N5O5S.HI/c1-3-19-17(22-14-6-10-23(11-7-14)18(25)28-4-2)20-9-5-16(24)21-15-8-12-29(26,27)13-15;/h14-15H,3-13H2,1-2H3,(H,21,24)(H2,19,20,22);1H. The third-order valence-electron chi connectivity index (χ3n) is 4.91. The highest BCUT2D eigenvalue weighted by atomic mass is 127. The first-order valence-corrected chi connectivity index (χ1v) is 12.1. The van der Waals surface area contributed by atoms with Crippen molar-refractivity contribution in [1.29, 1.82) is 0 Å². The number of sulfone groups is 1. The Hall–Kier alpha value is -1.31. The molecule has 2 aliphatic rings. The van der Waals surface area contributed by atoms with E-state index in [2.05, 4.69) is 20.9 Å². The molecule has 0 radical (unpaired) electrons. The minimum absolute atomic E-state index is 0. The molecule has 30 heavy (non-hydrogen) atoms. The van der Waals surface area contributed by atoms with E-state index in [1.165, 1.54) is 0 Å². The molecule has 0 aliphatic carbocycles. The average molecular weight is 559 g/mol. The maximum atomic E-state index is 12.0. The average Bonchev–Trinajstić information content (AvgIpc) is 3.01. The lowest BCUT2D eigenvalue weighted by molar-refractivity contribution is -0.121. The van der Waals surface area contributed by atoms with Crippen LogP contribution in [-0.2, 0) is 19.4 Å². The Morgan fingerprint density at radius 1 is 1.10 bits per heavy atom. The first-order chi connectivity index (χ1) is 13.8. The zero-order valence-corrected chi connectivity index (χ0v) is 20.8. The molecule has 0 aromatic heterocycles. The molecule has 0 aromatic rings. The van der Waals surface area contributed by atoms with Gasteiger partial charge in [-0.25, -0.2) is 13.2 Å². The van der Waals surface area contributed by atoms with E-state index in [0.717, 1.165) is 12.8 Å². The quantitative estimate of drug-likeness (QED) is 0.235. The number of nitrogens with zero attached hydrogens (tertiary/aromatic N) is 2. The third kappa shape index (κ3) is 9.23. The highest BCUT2D eigenvalue weighted by Gasteiger charge is 2.28. The Morgan fingerprint density at radius 2 is 1.80 bits per heavy atom. The summed E-state index contributed by atoms with van der Waals surface area (Å²) < 4.78 is 27.9. The van der Waals surface area contributed by atoms with Gasteiger partial charge in [-0.1, -0.05) is 0 Å². The largest absolute Gasteiger partial charge is 0.450 e. The third-order valence-corrected chi connectivity index (χ3v) is 6.68. The van der Waals surface area contributed by atoms with Crippen molar-refractivity contribution in [3.05, 3.63) is 0 Å². The highest BCUT2D eigenvalue weighted by molar-refractivity contribution is 14.0. The molecule has 2 rings (SSSR count). The van der Waals surface area contributed by atoms with Crippen LogP contribution < -0.4 is 16.0 Å². The Morgan fingerprint density at radius 3 is 2.37 bits per heavy atom. The van der Waals surface area contributed by atoms with E-state index >= 15 is 0 Å².